The highest BCUT2D eigenvalue weighted by Crippen LogP contribution is 2.18. The number of carbonyl (C=O) groups is 1. The van der Waals surface area contributed by atoms with Gasteiger partial charge in [-0.3, -0.25) is 4.79 Å². The molecule has 0 N–H and O–H groups in total. The predicted molar refractivity (Wildman–Crippen MR) is 96.6 cm³/mol. The Bertz CT molecular complexity index is 705. The van der Waals surface area contributed by atoms with Gasteiger partial charge in [0.1, 0.15) is 0 Å². The second-order valence-corrected chi connectivity index (χ2v) is 6.56. The van der Waals surface area contributed by atoms with E-state index < -0.39 is 0 Å². The first-order chi connectivity index (χ1) is 12.2. The van der Waals surface area contributed by atoms with Crippen molar-refractivity contribution in [2.24, 2.45) is 0 Å². The Hall–Kier alpha value is -2.37. The molecular weight excluding hydrogens is 316 g/mol. The third-order valence-electron chi connectivity index (χ3n) is 4.54. The van der Waals surface area contributed by atoms with Gasteiger partial charge in [0.2, 0.25) is 11.8 Å². The molecule has 0 atom stereocenters. The third kappa shape index (κ3) is 4.59. The number of anilines is 1. The molecule has 1 amide bonds. The summed E-state index contributed by atoms with van der Waals surface area (Å²) in [6, 6.07) is 8.51. The Morgan fingerprint density at radius 3 is 2.72 bits per heavy atom. The van der Waals surface area contributed by atoms with Crippen molar-refractivity contribution >= 4 is 11.6 Å². The van der Waals surface area contributed by atoms with E-state index in [-0.39, 0.29) is 5.91 Å². The van der Waals surface area contributed by atoms with Crippen molar-refractivity contribution in [3.63, 3.8) is 0 Å². The van der Waals surface area contributed by atoms with Crippen LogP contribution in [0.15, 0.2) is 28.8 Å². The van der Waals surface area contributed by atoms with Crippen LogP contribution in [-0.2, 0) is 17.6 Å². The van der Waals surface area contributed by atoms with Crippen LogP contribution in [0.5, 0.6) is 0 Å². The van der Waals surface area contributed by atoms with Gasteiger partial charge in [0, 0.05) is 51.1 Å². The smallest absolute Gasteiger partial charge is 0.227 e. The first-order valence-electron chi connectivity index (χ1n) is 9.06. The van der Waals surface area contributed by atoms with E-state index in [0.717, 1.165) is 44.8 Å². The number of aryl methyl sites for hydroxylation is 3. The van der Waals surface area contributed by atoms with E-state index in [1.807, 2.05) is 4.90 Å². The van der Waals surface area contributed by atoms with Crippen molar-refractivity contribution in [1.29, 1.82) is 0 Å². The molecule has 6 heteroatoms. The Morgan fingerprint density at radius 1 is 1.20 bits per heavy atom. The average molecular weight is 342 g/mol. The van der Waals surface area contributed by atoms with E-state index in [0.29, 0.717) is 18.7 Å². The van der Waals surface area contributed by atoms with Gasteiger partial charge < -0.3 is 14.3 Å². The SMILES string of the molecule is CCCc1noc(CCC(=O)N2CCN(c3cccc(C)c3)CC2)n1. The Balaban J connectivity index is 1.46. The van der Waals surface area contributed by atoms with Gasteiger partial charge >= 0.3 is 0 Å². The molecule has 0 unspecified atom stereocenters. The molecule has 0 aliphatic carbocycles. The van der Waals surface area contributed by atoms with Gasteiger partial charge in [-0.1, -0.05) is 24.2 Å². The summed E-state index contributed by atoms with van der Waals surface area (Å²) >= 11 is 0. The lowest BCUT2D eigenvalue weighted by molar-refractivity contribution is -0.131. The van der Waals surface area contributed by atoms with Gasteiger partial charge in [-0.25, -0.2) is 0 Å². The van der Waals surface area contributed by atoms with Crippen molar-refractivity contribution in [3.8, 4) is 0 Å². The van der Waals surface area contributed by atoms with Crippen molar-refractivity contribution in [3.05, 3.63) is 41.5 Å². The molecule has 1 aliphatic rings. The van der Waals surface area contributed by atoms with E-state index in [1.54, 1.807) is 0 Å². The molecule has 1 aliphatic heterocycles. The van der Waals surface area contributed by atoms with Crippen LogP contribution >= 0.6 is 0 Å². The summed E-state index contributed by atoms with van der Waals surface area (Å²) in [6.07, 6.45) is 2.76. The quantitative estimate of drug-likeness (QED) is 0.807. The largest absolute Gasteiger partial charge is 0.368 e. The number of benzene rings is 1. The van der Waals surface area contributed by atoms with Crippen molar-refractivity contribution in [2.75, 3.05) is 31.1 Å². The van der Waals surface area contributed by atoms with Gasteiger partial charge in [0.25, 0.3) is 0 Å². The van der Waals surface area contributed by atoms with Crippen molar-refractivity contribution < 1.29 is 9.32 Å². The topological polar surface area (TPSA) is 62.5 Å². The molecule has 0 spiro atoms. The fourth-order valence-corrected chi connectivity index (χ4v) is 3.13. The zero-order valence-electron chi connectivity index (χ0n) is 15.1. The molecule has 0 saturated carbocycles. The van der Waals surface area contributed by atoms with Crippen LogP contribution < -0.4 is 4.90 Å². The molecule has 6 nitrogen and oxygen atoms in total. The van der Waals surface area contributed by atoms with Gasteiger partial charge in [-0.15, -0.1) is 0 Å². The number of amides is 1. The van der Waals surface area contributed by atoms with Crippen LogP contribution in [0.4, 0.5) is 5.69 Å². The van der Waals surface area contributed by atoms with Crippen LogP contribution in [0, 0.1) is 6.92 Å². The molecule has 1 aromatic heterocycles. The maximum absolute atomic E-state index is 12.4. The van der Waals surface area contributed by atoms with Crippen LogP contribution in [0.1, 0.15) is 37.0 Å². The minimum Gasteiger partial charge on any atom is -0.368 e. The molecule has 0 bridgehead atoms. The van der Waals surface area contributed by atoms with Gasteiger partial charge in [-0.05, 0) is 31.0 Å². The number of aromatic nitrogens is 2. The summed E-state index contributed by atoms with van der Waals surface area (Å²) in [5.41, 5.74) is 2.50. The number of nitrogens with zero attached hydrogens (tertiary/aromatic N) is 4. The summed E-state index contributed by atoms with van der Waals surface area (Å²) in [5, 5.41) is 3.93. The summed E-state index contributed by atoms with van der Waals surface area (Å²) < 4.78 is 5.20. The highest BCUT2D eigenvalue weighted by Gasteiger charge is 2.21. The fraction of sp³-hybridized carbons (Fsp3) is 0.526. The van der Waals surface area contributed by atoms with Crippen LogP contribution in [0.2, 0.25) is 0 Å². The normalized spacial score (nSPS) is 14.8. The molecule has 1 fully saturated rings. The summed E-state index contributed by atoms with van der Waals surface area (Å²) in [4.78, 5) is 21.0. The fourth-order valence-electron chi connectivity index (χ4n) is 3.13. The van der Waals surface area contributed by atoms with E-state index in [9.17, 15) is 4.79 Å². The second kappa shape index (κ2) is 8.14. The third-order valence-corrected chi connectivity index (χ3v) is 4.54. The summed E-state index contributed by atoms with van der Waals surface area (Å²) in [6.45, 7) is 7.45. The summed E-state index contributed by atoms with van der Waals surface area (Å²) in [7, 11) is 0. The zero-order chi connectivity index (χ0) is 17.6. The Morgan fingerprint density at radius 2 is 2.00 bits per heavy atom. The first-order valence-corrected chi connectivity index (χ1v) is 9.06. The lowest BCUT2D eigenvalue weighted by atomic mass is 10.2. The van der Waals surface area contributed by atoms with Gasteiger partial charge in [0.15, 0.2) is 5.82 Å². The molecule has 25 heavy (non-hydrogen) atoms. The number of carbonyl (C=O) groups excluding carboxylic acids is 1. The molecule has 2 aromatic rings. The van der Waals surface area contributed by atoms with Gasteiger partial charge in [0.05, 0.1) is 0 Å². The van der Waals surface area contributed by atoms with E-state index in [2.05, 4.69) is 53.2 Å². The highest BCUT2D eigenvalue weighted by atomic mass is 16.5. The molecule has 1 aromatic carbocycles. The zero-order valence-corrected chi connectivity index (χ0v) is 15.1. The monoisotopic (exact) mass is 342 g/mol. The number of hydrogen-bond donors (Lipinski definition) is 0. The van der Waals surface area contributed by atoms with Crippen LogP contribution in [0.25, 0.3) is 0 Å². The minimum absolute atomic E-state index is 0.166. The maximum Gasteiger partial charge on any atom is 0.227 e. The molecule has 1 saturated heterocycles. The van der Waals surface area contributed by atoms with Crippen LogP contribution in [0.3, 0.4) is 0 Å². The van der Waals surface area contributed by atoms with E-state index >= 15 is 0 Å². The first kappa shape index (κ1) is 17.5. The number of hydrogen-bond acceptors (Lipinski definition) is 5. The van der Waals surface area contributed by atoms with Crippen LogP contribution in [-0.4, -0.2) is 47.1 Å². The Labute approximate surface area is 148 Å². The molecule has 134 valence electrons. The lowest BCUT2D eigenvalue weighted by Crippen LogP contribution is -2.48. The van der Waals surface area contributed by atoms with E-state index in [4.69, 9.17) is 4.52 Å². The Kier molecular flexibility index (Phi) is 5.68. The standard InChI is InChI=1S/C19H26N4O2/c1-3-5-17-20-18(25-21-17)8-9-19(24)23-12-10-22(11-13-23)16-7-4-6-15(2)14-16/h4,6-7,14H,3,5,8-13H2,1-2H3. The van der Waals surface area contributed by atoms with Crippen molar-refractivity contribution in [2.45, 2.75) is 39.5 Å². The van der Waals surface area contributed by atoms with Gasteiger partial charge in [-0.2, -0.15) is 4.98 Å². The molecule has 0 radical (unpaired) electrons. The maximum atomic E-state index is 12.4. The van der Waals surface area contributed by atoms with Crippen molar-refractivity contribution in [1.82, 2.24) is 15.0 Å². The molecule has 2 heterocycles. The highest BCUT2D eigenvalue weighted by molar-refractivity contribution is 5.76. The summed E-state index contributed by atoms with van der Waals surface area (Å²) in [5.74, 6) is 1.46. The number of piperazine rings is 1. The molecule has 3 rings (SSSR count). The minimum atomic E-state index is 0.166. The average Bonchev–Trinajstić information content (AvgIpc) is 3.08. The predicted octanol–water partition coefficient (Wildman–Crippen LogP) is 2.61. The number of rotatable bonds is 6. The molecular formula is C19H26N4O2. The lowest BCUT2D eigenvalue weighted by Gasteiger charge is -2.36. The van der Waals surface area contributed by atoms with E-state index in [1.165, 1.54) is 11.3 Å². The second-order valence-electron chi connectivity index (χ2n) is 6.56.